The zero-order chi connectivity index (χ0) is 16.9. The number of carbonyl (C=O) groups excluding carboxylic acids is 1. The van der Waals surface area contributed by atoms with Crippen LogP contribution in [0, 0.1) is 5.92 Å². The van der Waals surface area contributed by atoms with Crippen molar-refractivity contribution < 1.29 is 4.79 Å². The summed E-state index contributed by atoms with van der Waals surface area (Å²) in [6, 6.07) is 15.6. The average Bonchev–Trinajstić information content (AvgIpc) is 2.58. The number of benzene rings is 2. The molecule has 4 nitrogen and oxygen atoms in total. The Hall–Kier alpha value is -2.49. The summed E-state index contributed by atoms with van der Waals surface area (Å²) in [6.07, 6.45) is 2.78. The van der Waals surface area contributed by atoms with Gasteiger partial charge in [0.1, 0.15) is 0 Å². The predicted molar refractivity (Wildman–Crippen MR) is 100 cm³/mol. The largest absolute Gasteiger partial charge is 0.398 e. The van der Waals surface area contributed by atoms with Gasteiger partial charge in [0, 0.05) is 30.2 Å². The molecule has 1 saturated heterocycles. The molecular weight excluding hydrogens is 298 g/mol. The van der Waals surface area contributed by atoms with Crippen molar-refractivity contribution in [2.75, 3.05) is 29.0 Å². The van der Waals surface area contributed by atoms with Crippen LogP contribution in [-0.2, 0) is 11.2 Å². The van der Waals surface area contributed by atoms with Gasteiger partial charge in [-0.1, -0.05) is 25.1 Å². The highest BCUT2D eigenvalue weighted by molar-refractivity contribution is 5.93. The maximum Gasteiger partial charge on any atom is 0.228 e. The van der Waals surface area contributed by atoms with E-state index in [1.165, 1.54) is 18.5 Å². The molecule has 0 radical (unpaired) electrons. The molecule has 3 N–H and O–H groups in total. The topological polar surface area (TPSA) is 58.4 Å². The Bertz CT molecular complexity index is 688. The van der Waals surface area contributed by atoms with E-state index in [-0.39, 0.29) is 5.91 Å². The zero-order valence-electron chi connectivity index (χ0n) is 14.2. The van der Waals surface area contributed by atoms with Gasteiger partial charge in [0.25, 0.3) is 0 Å². The number of piperidine rings is 1. The smallest absolute Gasteiger partial charge is 0.228 e. The third-order valence-electron chi connectivity index (χ3n) is 4.71. The molecule has 1 amide bonds. The van der Waals surface area contributed by atoms with Crippen LogP contribution in [0.4, 0.5) is 17.1 Å². The van der Waals surface area contributed by atoms with E-state index in [2.05, 4.69) is 29.3 Å². The lowest BCUT2D eigenvalue weighted by Crippen LogP contribution is -2.32. The molecule has 4 heteroatoms. The summed E-state index contributed by atoms with van der Waals surface area (Å²) < 4.78 is 0. The van der Waals surface area contributed by atoms with E-state index in [0.29, 0.717) is 12.1 Å². The molecule has 0 saturated carbocycles. The number of nitrogens with zero attached hydrogens (tertiary/aromatic N) is 1. The Morgan fingerprint density at radius 2 is 1.79 bits per heavy atom. The number of nitrogens with one attached hydrogen (secondary N) is 1. The number of hydrogen-bond donors (Lipinski definition) is 2. The average molecular weight is 323 g/mol. The van der Waals surface area contributed by atoms with Crippen LogP contribution in [0.2, 0.25) is 0 Å². The molecule has 1 fully saturated rings. The van der Waals surface area contributed by atoms with Crippen LogP contribution < -0.4 is 16.0 Å². The molecular formula is C20H25N3O. The Kier molecular flexibility index (Phi) is 5.04. The van der Waals surface area contributed by atoms with Crippen molar-refractivity contribution in [2.24, 2.45) is 5.92 Å². The molecule has 0 aliphatic carbocycles. The van der Waals surface area contributed by atoms with E-state index in [1.54, 1.807) is 0 Å². The summed E-state index contributed by atoms with van der Waals surface area (Å²) in [5, 5.41) is 2.94. The molecule has 126 valence electrons. The van der Waals surface area contributed by atoms with Crippen molar-refractivity contribution in [1.29, 1.82) is 0 Å². The van der Waals surface area contributed by atoms with Crippen LogP contribution in [-0.4, -0.2) is 19.0 Å². The third kappa shape index (κ3) is 4.07. The summed E-state index contributed by atoms with van der Waals surface area (Å²) in [5.41, 5.74) is 9.45. The lowest BCUT2D eigenvalue weighted by molar-refractivity contribution is -0.115. The number of nitrogen functional groups attached to an aromatic ring is 1. The first-order valence-corrected chi connectivity index (χ1v) is 8.60. The number of amides is 1. The van der Waals surface area contributed by atoms with Gasteiger partial charge in [-0.05, 0) is 54.7 Å². The highest BCUT2D eigenvalue weighted by Gasteiger charge is 2.16. The van der Waals surface area contributed by atoms with E-state index in [1.807, 2.05) is 36.4 Å². The van der Waals surface area contributed by atoms with Gasteiger partial charge >= 0.3 is 0 Å². The minimum Gasteiger partial charge on any atom is -0.398 e. The Labute approximate surface area is 143 Å². The maximum absolute atomic E-state index is 12.2. The van der Waals surface area contributed by atoms with Gasteiger partial charge in [-0.15, -0.1) is 0 Å². The van der Waals surface area contributed by atoms with Crippen LogP contribution in [0.5, 0.6) is 0 Å². The summed E-state index contributed by atoms with van der Waals surface area (Å²) >= 11 is 0. The first kappa shape index (κ1) is 16.4. The van der Waals surface area contributed by atoms with Gasteiger partial charge in [0.2, 0.25) is 5.91 Å². The van der Waals surface area contributed by atoms with Crippen molar-refractivity contribution >= 4 is 23.0 Å². The quantitative estimate of drug-likeness (QED) is 0.844. The number of anilines is 3. The molecule has 0 spiro atoms. The second-order valence-electron chi connectivity index (χ2n) is 6.64. The van der Waals surface area contributed by atoms with Crippen LogP contribution in [0.15, 0.2) is 48.5 Å². The van der Waals surface area contributed by atoms with E-state index >= 15 is 0 Å². The summed E-state index contributed by atoms with van der Waals surface area (Å²) in [5.74, 6) is 0.776. The fourth-order valence-corrected chi connectivity index (χ4v) is 3.10. The summed E-state index contributed by atoms with van der Waals surface area (Å²) in [4.78, 5) is 14.6. The van der Waals surface area contributed by atoms with Gasteiger partial charge in [-0.2, -0.15) is 0 Å². The van der Waals surface area contributed by atoms with Gasteiger partial charge in [-0.3, -0.25) is 4.79 Å². The van der Waals surface area contributed by atoms with E-state index in [9.17, 15) is 4.79 Å². The molecule has 0 unspecified atom stereocenters. The van der Waals surface area contributed by atoms with Crippen molar-refractivity contribution in [3.05, 3.63) is 54.1 Å². The van der Waals surface area contributed by atoms with Gasteiger partial charge < -0.3 is 16.0 Å². The van der Waals surface area contributed by atoms with Crippen LogP contribution in [0.3, 0.4) is 0 Å². The van der Waals surface area contributed by atoms with Gasteiger partial charge in [0.05, 0.1) is 6.42 Å². The van der Waals surface area contributed by atoms with Gasteiger partial charge in [-0.25, -0.2) is 0 Å². The van der Waals surface area contributed by atoms with Crippen molar-refractivity contribution in [3.63, 3.8) is 0 Å². The first-order chi connectivity index (χ1) is 11.6. The highest BCUT2D eigenvalue weighted by atomic mass is 16.1. The Morgan fingerprint density at radius 1 is 1.12 bits per heavy atom. The molecule has 1 heterocycles. The molecule has 0 aromatic heterocycles. The maximum atomic E-state index is 12.2. The second kappa shape index (κ2) is 7.39. The van der Waals surface area contributed by atoms with E-state index < -0.39 is 0 Å². The number of nitrogens with two attached hydrogens (primary N) is 1. The molecule has 0 atom stereocenters. The van der Waals surface area contributed by atoms with Crippen molar-refractivity contribution in [2.45, 2.75) is 26.2 Å². The molecule has 0 bridgehead atoms. The number of carbonyl (C=O) groups is 1. The predicted octanol–water partition coefficient (Wildman–Crippen LogP) is 3.69. The van der Waals surface area contributed by atoms with E-state index in [4.69, 9.17) is 5.73 Å². The van der Waals surface area contributed by atoms with Crippen LogP contribution >= 0.6 is 0 Å². The minimum absolute atomic E-state index is 0.0487. The Balaban J connectivity index is 1.58. The number of hydrogen-bond acceptors (Lipinski definition) is 3. The molecule has 1 aliphatic heterocycles. The summed E-state index contributed by atoms with van der Waals surface area (Å²) in [6.45, 7) is 4.54. The van der Waals surface area contributed by atoms with Crippen LogP contribution in [0.1, 0.15) is 25.3 Å². The lowest BCUT2D eigenvalue weighted by atomic mass is 9.99. The monoisotopic (exact) mass is 323 g/mol. The second-order valence-corrected chi connectivity index (χ2v) is 6.64. The Morgan fingerprint density at radius 3 is 2.46 bits per heavy atom. The number of rotatable bonds is 4. The van der Waals surface area contributed by atoms with Crippen molar-refractivity contribution in [1.82, 2.24) is 0 Å². The minimum atomic E-state index is -0.0487. The zero-order valence-corrected chi connectivity index (χ0v) is 14.2. The fourth-order valence-electron chi connectivity index (χ4n) is 3.10. The van der Waals surface area contributed by atoms with Crippen molar-refractivity contribution in [3.8, 4) is 0 Å². The standard InChI is InChI=1S/C20H25N3O/c1-15-10-12-23(13-11-15)18-8-6-17(7-9-18)22-20(24)14-16-4-2-3-5-19(16)21/h2-9,15H,10-14,21H2,1H3,(H,22,24). The molecule has 3 rings (SSSR count). The normalized spacial score (nSPS) is 15.3. The third-order valence-corrected chi connectivity index (χ3v) is 4.71. The first-order valence-electron chi connectivity index (χ1n) is 8.60. The highest BCUT2D eigenvalue weighted by Crippen LogP contribution is 2.24. The molecule has 2 aromatic carbocycles. The SMILES string of the molecule is CC1CCN(c2ccc(NC(=O)Cc3ccccc3N)cc2)CC1. The molecule has 2 aromatic rings. The molecule has 24 heavy (non-hydrogen) atoms. The van der Waals surface area contributed by atoms with Gasteiger partial charge in [0.15, 0.2) is 0 Å². The number of para-hydroxylation sites is 1. The van der Waals surface area contributed by atoms with E-state index in [0.717, 1.165) is 30.3 Å². The van der Waals surface area contributed by atoms with Crippen LogP contribution in [0.25, 0.3) is 0 Å². The lowest BCUT2D eigenvalue weighted by Gasteiger charge is -2.32. The fraction of sp³-hybridized carbons (Fsp3) is 0.350. The summed E-state index contributed by atoms with van der Waals surface area (Å²) in [7, 11) is 0. The molecule has 1 aliphatic rings.